The quantitative estimate of drug-likeness (QED) is 0.528. The van der Waals surface area contributed by atoms with Crippen LogP contribution < -0.4 is 4.74 Å². The van der Waals surface area contributed by atoms with E-state index < -0.39 is 0 Å². The number of esters is 1. The van der Waals surface area contributed by atoms with Crippen molar-refractivity contribution < 1.29 is 14.3 Å². The molecule has 2 atom stereocenters. The first-order valence-corrected chi connectivity index (χ1v) is 10.1. The summed E-state index contributed by atoms with van der Waals surface area (Å²) in [6.07, 6.45) is 0. The molecule has 1 aliphatic rings. The minimum atomic E-state index is -0.375. The molecule has 0 fully saturated rings. The molecule has 0 aliphatic carbocycles. The fourth-order valence-corrected chi connectivity index (χ4v) is 4.15. The van der Waals surface area contributed by atoms with Gasteiger partial charge in [0, 0.05) is 44.4 Å². The number of rotatable bonds is 5. The van der Waals surface area contributed by atoms with Crippen LogP contribution in [0.4, 0.5) is 0 Å². The molecule has 0 spiro atoms. The fraction of sp³-hybridized carbons (Fsp3) is 0.304. The third-order valence-electron chi connectivity index (χ3n) is 5.30. The highest BCUT2D eigenvalue weighted by Crippen LogP contribution is 2.43. The van der Waals surface area contributed by atoms with Gasteiger partial charge >= 0.3 is 5.97 Å². The van der Waals surface area contributed by atoms with E-state index in [1.807, 2.05) is 38.1 Å². The summed E-state index contributed by atoms with van der Waals surface area (Å²) in [7, 11) is 1.39. The van der Waals surface area contributed by atoms with Crippen molar-refractivity contribution in [2.45, 2.75) is 33.3 Å². The highest BCUT2D eigenvalue weighted by molar-refractivity contribution is 6.35. The monoisotopic (exact) mass is 431 g/mol. The zero-order chi connectivity index (χ0) is 21.1. The largest absolute Gasteiger partial charge is 0.488 e. The Labute approximate surface area is 181 Å². The predicted molar refractivity (Wildman–Crippen MR) is 117 cm³/mol. The number of hydrogen-bond acceptors (Lipinski definition) is 4. The van der Waals surface area contributed by atoms with Gasteiger partial charge in [0.1, 0.15) is 12.4 Å². The van der Waals surface area contributed by atoms with Crippen molar-refractivity contribution in [3.05, 3.63) is 74.9 Å². The van der Waals surface area contributed by atoms with Crippen LogP contribution >= 0.6 is 23.2 Å². The minimum absolute atomic E-state index is 0.0152. The van der Waals surface area contributed by atoms with Crippen molar-refractivity contribution in [2.24, 2.45) is 10.9 Å². The summed E-state index contributed by atoms with van der Waals surface area (Å²) in [6, 6.07) is 13.0. The first-order chi connectivity index (χ1) is 13.8. The van der Waals surface area contributed by atoms with Crippen LogP contribution in [0.15, 0.2) is 58.7 Å². The molecular weight excluding hydrogens is 409 g/mol. The summed E-state index contributed by atoms with van der Waals surface area (Å²) < 4.78 is 11.2. The van der Waals surface area contributed by atoms with Gasteiger partial charge in [-0.1, -0.05) is 54.4 Å². The van der Waals surface area contributed by atoms with Gasteiger partial charge in [-0.3, -0.25) is 4.99 Å². The normalized spacial score (nSPS) is 19.0. The maximum Gasteiger partial charge on any atom is 0.336 e. The van der Waals surface area contributed by atoms with Crippen molar-refractivity contribution in [3.63, 3.8) is 0 Å². The second kappa shape index (κ2) is 9.02. The van der Waals surface area contributed by atoms with Gasteiger partial charge in [-0.15, -0.1) is 0 Å². The van der Waals surface area contributed by atoms with Gasteiger partial charge in [0.2, 0.25) is 0 Å². The maximum absolute atomic E-state index is 12.6. The van der Waals surface area contributed by atoms with E-state index in [0.717, 1.165) is 16.8 Å². The Hall–Kier alpha value is -2.30. The number of carbonyl (C=O) groups excluding carboxylic acids is 1. The molecule has 29 heavy (non-hydrogen) atoms. The Morgan fingerprint density at radius 3 is 2.38 bits per heavy atom. The Morgan fingerprint density at radius 1 is 1.07 bits per heavy atom. The number of methoxy groups -OCH3 is 1. The lowest BCUT2D eigenvalue weighted by Gasteiger charge is -2.31. The second-order valence-corrected chi connectivity index (χ2v) is 7.85. The maximum atomic E-state index is 12.6. The van der Waals surface area contributed by atoms with Gasteiger partial charge < -0.3 is 9.47 Å². The Bertz CT molecular complexity index is 977. The van der Waals surface area contributed by atoms with Crippen molar-refractivity contribution in [3.8, 4) is 5.75 Å². The van der Waals surface area contributed by atoms with Crippen LogP contribution in [-0.2, 0) is 16.1 Å². The van der Waals surface area contributed by atoms with Crippen LogP contribution in [0.3, 0.4) is 0 Å². The Morgan fingerprint density at radius 2 is 1.72 bits per heavy atom. The number of para-hydroxylation sites is 1. The zero-order valence-electron chi connectivity index (χ0n) is 16.8. The molecule has 3 rings (SSSR count). The smallest absolute Gasteiger partial charge is 0.336 e. The van der Waals surface area contributed by atoms with Crippen LogP contribution in [-0.4, -0.2) is 18.8 Å². The molecular formula is C23H23Cl2NO3. The van der Waals surface area contributed by atoms with Crippen LogP contribution in [0.2, 0.25) is 10.0 Å². The third kappa shape index (κ3) is 4.34. The second-order valence-electron chi connectivity index (χ2n) is 7.04. The molecule has 0 radical (unpaired) electrons. The molecule has 0 bridgehead atoms. The highest BCUT2D eigenvalue weighted by Gasteiger charge is 2.36. The molecule has 0 saturated carbocycles. The first kappa shape index (κ1) is 21.4. The lowest BCUT2D eigenvalue weighted by Crippen LogP contribution is -2.28. The van der Waals surface area contributed by atoms with E-state index in [0.29, 0.717) is 27.1 Å². The minimum Gasteiger partial charge on any atom is -0.488 e. The average molecular weight is 432 g/mol. The summed E-state index contributed by atoms with van der Waals surface area (Å²) in [6.45, 7) is 6.09. The number of allylic oxidation sites excluding steroid dienone is 1. The van der Waals surface area contributed by atoms with Gasteiger partial charge in [-0.2, -0.15) is 0 Å². The van der Waals surface area contributed by atoms with E-state index in [4.69, 9.17) is 32.7 Å². The van der Waals surface area contributed by atoms with Crippen molar-refractivity contribution >= 4 is 34.9 Å². The average Bonchev–Trinajstić information content (AvgIpc) is 2.70. The van der Waals surface area contributed by atoms with E-state index in [2.05, 4.69) is 11.9 Å². The lowest BCUT2D eigenvalue weighted by molar-refractivity contribution is -0.136. The molecule has 4 nitrogen and oxygen atoms in total. The number of halogens is 2. The van der Waals surface area contributed by atoms with Gasteiger partial charge in [0.05, 0.1) is 12.7 Å². The van der Waals surface area contributed by atoms with Gasteiger partial charge in [-0.25, -0.2) is 4.79 Å². The summed E-state index contributed by atoms with van der Waals surface area (Å²) in [5.41, 5.74) is 3.81. The number of carbonyl (C=O) groups is 1. The lowest BCUT2D eigenvalue weighted by atomic mass is 9.76. The fourth-order valence-electron chi connectivity index (χ4n) is 3.64. The molecule has 152 valence electrons. The molecule has 1 aliphatic heterocycles. The first-order valence-electron chi connectivity index (χ1n) is 9.34. The number of nitrogens with zero attached hydrogens (tertiary/aromatic N) is 1. The molecule has 2 aromatic carbocycles. The van der Waals surface area contributed by atoms with Gasteiger partial charge in [0.15, 0.2) is 0 Å². The van der Waals surface area contributed by atoms with Crippen LogP contribution in [0.5, 0.6) is 5.75 Å². The number of ether oxygens (including phenoxy) is 2. The van der Waals surface area contributed by atoms with Crippen molar-refractivity contribution in [1.82, 2.24) is 0 Å². The summed E-state index contributed by atoms with van der Waals surface area (Å²) in [5, 5.41) is 1.10. The van der Waals surface area contributed by atoms with E-state index >= 15 is 0 Å². The van der Waals surface area contributed by atoms with Gasteiger partial charge in [0.25, 0.3) is 0 Å². The van der Waals surface area contributed by atoms with Crippen molar-refractivity contribution in [2.75, 3.05) is 7.11 Å². The Kier molecular flexibility index (Phi) is 6.66. The third-order valence-corrected chi connectivity index (χ3v) is 6.01. The number of aliphatic imine (C=N–C) groups is 1. The molecule has 0 aromatic heterocycles. The molecule has 0 N–H and O–H groups in total. The molecule has 2 aromatic rings. The molecule has 0 saturated heterocycles. The molecule has 0 amide bonds. The zero-order valence-corrected chi connectivity index (χ0v) is 18.3. The van der Waals surface area contributed by atoms with E-state index in [-0.39, 0.29) is 24.4 Å². The number of hydrogen-bond donors (Lipinski definition) is 0. The summed E-state index contributed by atoms with van der Waals surface area (Å²) in [4.78, 5) is 17.1. The summed E-state index contributed by atoms with van der Waals surface area (Å²) >= 11 is 12.6. The molecule has 6 heteroatoms. The topological polar surface area (TPSA) is 47.9 Å². The standard InChI is InChI=1S/C23H23Cl2NO3/c1-13-14(2)26-15(3)22(23(27)28-4)21(13)16-8-5-6-11-20(16)29-12-17-18(24)9-7-10-19(17)25/h5-11,13,21H,12H2,1-4H3. The van der Waals surface area contributed by atoms with Crippen LogP contribution in [0.25, 0.3) is 0 Å². The van der Waals surface area contributed by atoms with Crippen molar-refractivity contribution in [1.29, 1.82) is 0 Å². The highest BCUT2D eigenvalue weighted by atomic mass is 35.5. The SMILES string of the molecule is COC(=O)C1=C(C)N=C(C)C(C)C1c1ccccc1OCc1c(Cl)cccc1Cl. The summed E-state index contributed by atoms with van der Waals surface area (Å²) in [5.74, 6) is 0.0862. The van der Waals surface area contributed by atoms with Crippen LogP contribution in [0.1, 0.15) is 37.8 Å². The molecule has 1 heterocycles. The van der Waals surface area contributed by atoms with E-state index in [1.54, 1.807) is 18.2 Å². The van der Waals surface area contributed by atoms with Gasteiger partial charge in [-0.05, 0) is 32.0 Å². The Balaban J connectivity index is 2.01. The van der Waals surface area contributed by atoms with E-state index in [1.165, 1.54) is 7.11 Å². The predicted octanol–water partition coefficient (Wildman–Crippen LogP) is 6.21. The van der Waals surface area contributed by atoms with E-state index in [9.17, 15) is 4.79 Å². The van der Waals surface area contributed by atoms with Crippen LogP contribution in [0, 0.1) is 5.92 Å². The number of benzene rings is 2. The molecule has 2 unspecified atom stereocenters.